The summed E-state index contributed by atoms with van der Waals surface area (Å²) in [5.41, 5.74) is 0.629. The molecule has 0 aromatic carbocycles. The average molecular weight is 371 g/mol. The molecule has 0 atom stereocenters. The van der Waals surface area contributed by atoms with Crippen molar-refractivity contribution in [3.63, 3.8) is 0 Å². The summed E-state index contributed by atoms with van der Waals surface area (Å²) >= 11 is 4.85. The number of hydrogen-bond donors (Lipinski definition) is 1. The molecule has 2 rings (SSSR count). The van der Waals surface area contributed by atoms with Crippen molar-refractivity contribution in [2.45, 2.75) is 40.2 Å². The van der Waals surface area contributed by atoms with E-state index in [9.17, 15) is 4.79 Å². The van der Waals surface area contributed by atoms with E-state index >= 15 is 0 Å². The van der Waals surface area contributed by atoms with Gasteiger partial charge in [-0.05, 0) is 34.3 Å². The van der Waals surface area contributed by atoms with Crippen molar-refractivity contribution in [3.8, 4) is 0 Å². The molecule has 7 heteroatoms. The van der Waals surface area contributed by atoms with E-state index in [2.05, 4.69) is 52.2 Å². The monoisotopic (exact) mass is 370 g/mol. The highest BCUT2D eigenvalue weighted by Gasteiger charge is 2.15. The molecule has 0 aliphatic rings. The Hall–Kier alpha value is -1.21. The smallest absolute Gasteiger partial charge is 0.274 e. The molecular weight excluding hydrogens is 352 g/mol. The highest BCUT2D eigenvalue weighted by molar-refractivity contribution is 9.10. The van der Waals surface area contributed by atoms with Crippen LogP contribution in [-0.4, -0.2) is 20.7 Å². The number of nitrogens with zero attached hydrogens (tertiary/aromatic N) is 3. The maximum Gasteiger partial charge on any atom is 0.274 e. The standard InChI is InChI=1S/C14H19BrN4OS/c1-4-5-19-8-10(15)7-11(19)13(20)16-14-18-17-12(21-14)6-9(2)3/h7-9H,4-6H2,1-3H3,(H,16,18,20). The van der Waals surface area contributed by atoms with Crippen LogP contribution in [0.25, 0.3) is 0 Å². The van der Waals surface area contributed by atoms with Crippen LogP contribution in [0.5, 0.6) is 0 Å². The Bertz CT molecular complexity index is 620. The topological polar surface area (TPSA) is 59.8 Å². The van der Waals surface area contributed by atoms with E-state index in [1.165, 1.54) is 11.3 Å². The van der Waals surface area contributed by atoms with Crippen molar-refractivity contribution >= 4 is 38.3 Å². The molecule has 2 heterocycles. The lowest BCUT2D eigenvalue weighted by atomic mass is 10.1. The van der Waals surface area contributed by atoms with Crippen LogP contribution >= 0.6 is 27.3 Å². The molecule has 0 fully saturated rings. The minimum absolute atomic E-state index is 0.151. The third-order valence-corrected chi connectivity index (χ3v) is 4.13. The molecule has 1 N–H and O–H groups in total. The lowest BCUT2D eigenvalue weighted by Gasteiger charge is -2.06. The maximum absolute atomic E-state index is 12.3. The van der Waals surface area contributed by atoms with Crippen molar-refractivity contribution in [3.05, 3.63) is 27.4 Å². The summed E-state index contributed by atoms with van der Waals surface area (Å²) in [5, 5.41) is 12.5. The highest BCUT2D eigenvalue weighted by atomic mass is 79.9. The van der Waals surface area contributed by atoms with Crippen molar-refractivity contribution < 1.29 is 4.79 Å². The molecule has 21 heavy (non-hydrogen) atoms. The number of amides is 1. The normalized spacial score (nSPS) is 11.1. The third-order valence-electron chi connectivity index (χ3n) is 2.83. The van der Waals surface area contributed by atoms with Crippen LogP contribution in [-0.2, 0) is 13.0 Å². The van der Waals surface area contributed by atoms with E-state index < -0.39 is 0 Å². The first kappa shape index (κ1) is 16.2. The first-order valence-corrected chi connectivity index (χ1v) is 8.60. The molecule has 1 amide bonds. The third kappa shape index (κ3) is 4.38. The predicted octanol–water partition coefficient (Wildman–Crippen LogP) is 3.96. The van der Waals surface area contributed by atoms with Gasteiger partial charge in [0.15, 0.2) is 0 Å². The second-order valence-electron chi connectivity index (χ2n) is 5.29. The van der Waals surface area contributed by atoms with Gasteiger partial charge in [0.05, 0.1) is 0 Å². The van der Waals surface area contributed by atoms with Gasteiger partial charge in [0.25, 0.3) is 5.91 Å². The van der Waals surface area contributed by atoms with Gasteiger partial charge in [-0.15, -0.1) is 10.2 Å². The van der Waals surface area contributed by atoms with E-state index in [0.717, 1.165) is 28.9 Å². The van der Waals surface area contributed by atoms with Crippen LogP contribution in [0.1, 0.15) is 42.7 Å². The fraction of sp³-hybridized carbons (Fsp3) is 0.500. The lowest BCUT2D eigenvalue weighted by molar-refractivity contribution is 0.101. The molecule has 0 unspecified atom stereocenters. The minimum atomic E-state index is -0.151. The molecule has 2 aromatic rings. The lowest BCUT2D eigenvalue weighted by Crippen LogP contribution is -2.16. The first-order valence-electron chi connectivity index (χ1n) is 6.99. The number of aromatic nitrogens is 3. The summed E-state index contributed by atoms with van der Waals surface area (Å²) in [6.07, 6.45) is 3.77. The quantitative estimate of drug-likeness (QED) is 0.836. The summed E-state index contributed by atoms with van der Waals surface area (Å²) in [6.45, 7) is 7.16. The van der Waals surface area contributed by atoms with Gasteiger partial charge in [-0.3, -0.25) is 10.1 Å². The fourth-order valence-corrected chi connectivity index (χ4v) is 3.40. The number of carbonyl (C=O) groups excluding carboxylic acids is 1. The van der Waals surface area contributed by atoms with Crippen LogP contribution in [0.4, 0.5) is 5.13 Å². The maximum atomic E-state index is 12.3. The van der Waals surface area contributed by atoms with E-state index in [-0.39, 0.29) is 5.91 Å². The fourth-order valence-electron chi connectivity index (χ4n) is 1.99. The van der Waals surface area contributed by atoms with E-state index in [0.29, 0.717) is 16.7 Å². The number of rotatable bonds is 6. The zero-order valence-electron chi connectivity index (χ0n) is 12.4. The Labute approximate surface area is 136 Å². The van der Waals surface area contributed by atoms with E-state index in [1.54, 1.807) is 0 Å². The Kier molecular flexibility index (Phi) is 5.52. The van der Waals surface area contributed by atoms with E-state index in [1.807, 2.05) is 16.8 Å². The molecule has 0 radical (unpaired) electrons. The predicted molar refractivity (Wildman–Crippen MR) is 88.8 cm³/mol. The number of nitrogens with one attached hydrogen (secondary N) is 1. The summed E-state index contributed by atoms with van der Waals surface area (Å²) in [7, 11) is 0. The Morgan fingerprint density at radius 3 is 2.90 bits per heavy atom. The van der Waals surface area contributed by atoms with Gasteiger partial charge < -0.3 is 4.57 Å². The number of carbonyl (C=O) groups is 1. The number of anilines is 1. The molecule has 0 saturated heterocycles. The first-order chi connectivity index (χ1) is 9.99. The van der Waals surface area contributed by atoms with Gasteiger partial charge in [-0.25, -0.2) is 0 Å². The average Bonchev–Trinajstić information content (AvgIpc) is 2.96. The molecule has 0 aliphatic heterocycles. The van der Waals surface area contributed by atoms with Gasteiger partial charge in [0.2, 0.25) is 5.13 Å². The summed E-state index contributed by atoms with van der Waals surface area (Å²) < 4.78 is 2.84. The zero-order valence-corrected chi connectivity index (χ0v) is 14.8. The van der Waals surface area contributed by atoms with Crippen LogP contribution in [0.2, 0.25) is 0 Å². The van der Waals surface area contributed by atoms with E-state index in [4.69, 9.17) is 0 Å². The molecule has 0 aliphatic carbocycles. The van der Waals surface area contributed by atoms with Gasteiger partial charge in [0, 0.05) is 23.6 Å². The number of hydrogen-bond acceptors (Lipinski definition) is 4. The molecule has 0 bridgehead atoms. The largest absolute Gasteiger partial charge is 0.342 e. The SMILES string of the molecule is CCCn1cc(Br)cc1C(=O)Nc1nnc(CC(C)C)s1. The van der Waals surface area contributed by atoms with Crippen LogP contribution < -0.4 is 5.32 Å². The molecule has 114 valence electrons. The number of aryl methyl sites for hydroxylation is 1. The van der Waals surface area contributed by atoms with Crippen molar-refractivity contribution in [2.75, 3.05) is 5.32 Å². The molecule has 5 nitrogen and oxygen atoms in total. The molecule has 0 saturated carbocycles. The molecule has 2 aromatic heterocycles. The summed E-state index contributed by atoms with van der Waals surface area (Å²) in [4.78, 5) is 12.3. The molecular formula is C14H19BrN4OS. The van der Waals surface area contributed by atoms with Crippen molar-refractivity contribution in [1.82, 2.24) is 14.8 Å². The van der Waals surface area contributed by atoms with Gasteiger partial charge >= 0.3 is 0 Å². The highest BCUT2D eigenvalue weighted by Crippen LogP contribution is 2.21. The Balaban J connectivity index is 2.09. The van der Waals surface area contributed by atoms with Gasteiger partial charge in [-0.2, -0.15) is 0 Å². The van der Waals surface area contributed by atoms with Gasteiger partial charge in [0.1, 0.15) is 10.7 Å². The Morgan fingerprint density at radius 1 is 1.48 bits per heavy atom. The van der Waals surface area contributed by atoms with Gasteiger partial charge in [-0.1, -0.05) is 32.1 Å². The summed E-state index contributed by atoms with van der Waals surface area (Å²) in [6, 6.07) is 1.82. The minimum Gasteiger partial charge on any atom is -0.342 e. The van der Waals surface area contributed by atoms with Crippen LogP contribution in [0.15, 0.2) is 16.7 Å². The van der Waals surface area contributed by atoms with Crippen molar-refractivity contribution in [1.29, 1.82) is 0 Å². The van der Waals surface area contributed by atoms with Crippen molar-refractivity contribution in [2.24, 2.45) is 5.92 Å². The van der Waals surface area contributed by atoms with Crippen LogP contribution in [0, 0.1) is 5.92 Å². The van der Waals surface area contributed by atoms with Crippen LogP contribution in [0.3, 0.4) is 0 Å². The number of halogens is 1. The zero-order chi connectivity index (χ0) is 15.4. The second-order valence-corrected chi connectivity index (χ2v) is 7.27. The second kappa shape index (κ2) is 7.17. The Morgan fingerprint density at radius 2 is 2.24 bits per heavy atom. The summed E-state index contributed by atoms with van der Waals surface area (Å²) in [5.74, 6) is 0.376. The molecule has 0 spiro atoms.